The van der Waals surface area contributed by atoms with Crippen molar-refractivity contribution in [1.29, 1.82) is 0 Å². The molecule has 0 rings (SSSR count). The summed E-state index contributed by atoms with van der Waals surface area (Å²) >= 11 is 0. The summed E-state index contributed by atoms with van der Waals surface area (Å²) in [6.45, 7) is 0.633. The van der Waals surface area contributed by atoms with Crippen LogP contribution in [0.5, 0.6) is 0 Å². The summed E-state index contributed by atoms with van der Waals surface area (Å²) in [5.41, 5.74) is 0. The van der Waals surface area contributed by atoms with Crippen LogP contribution < -0.4 is 0 Å². The lowest BCUT2D eigenvalue weighted by Gasteiger charge is -1.84. The van der Waals surface area contributed by atoms with Crippen molar-refractivity contribution in [2.75, 3.05) is 6.61 Å². The molecule has 0 bridgehead atoms. The van der Waals surface area contributed by atoms with E-state index in [1.54, 1.807) is 6.08 Å². The van der Waals surface area contributed by atoms with Gasteiger partial charge in [-0.05, 0) is 12.2 Å². The fourth-order valence-corrected chi connectivity index (χ4v) is 0.211. The Hall–Kier alpha value is -1.23. The van der Waals surface area contributed by atoms with Gasteiger partial charge in [0, 0.05) is 0 Å². The highest BCUT2D eigenvalue weighted by atomic mass is 16.5. The van der Waals surface area contributed by atoms with Gasteiger partial charge in [0.05, 0.1) is 0 Å². The summed E-state index contributed by atoms with van der Waals surface area (Å²) in [5, 5.41) is 0. The van der Waals surface area contributed by atoms with Crippen molar-refractivity contribution in [3.05, 3.63) is 12.2 Å². The van der Waals surface area contributed by atoms with Gasteiger partial charge in [0.2, 0.25) is 0 Å². The zero-order valence-electron chi connectivity index (χ0n) is 4.33. The number of carbonyl (C=O) groups is 1. The molecule has 0 atom stereocenters. The van der Waals surface area contributed by atoms with Crippen molar-refractivity contribution in [2.24, 2.45) is 0 Å². The standard InChI is InChI=1S/C6H6O2/c1-2-3-4-5-8-6-7/h1,3-4,6H,5H2. The summed E-state index contributed by atoms with van der Waals surface area (Å²) in [5.74, 6) is 2.25. The molecule has 0 N–H and O–H groups in total. The van der Waals surface area contributed by atoms with Crippen LogP contribution in [0, 0.1) is 12.3 Å². The highest BCUT2D eigenvalue weighted by Gasteiger charge is 1.69. The summed E-state index contributed by atoms with van der Waals surface area (Å²) in [4.78, 5) is 9.46. The van der Waals surface area contributed by atoms with E-state index in [0.717, 1.165) is 0 Å². The average molecular weight is 110 g/mol. The molecule has 0 aromatic heterocycles. The molecule has 2 heteroatoms. The molecule has 0 radical (unpaired) electrons. The maximum Gasteiger partial charge on any atom is 0.293 e. The average Bonchev–Trinajstić information content (AvgIpc) is 1.81. The summed E-state index contributed by atoms with van der Waals surface area (Å²) in [6, 6.07) is 0. The number of hydrogen-bond donors (Lipinski definition) is 0. The maximum absolute atomic E-state index is 9.46. The molecule has 0 spiro atoms. The van der Waals surface area contributed by atoms with Gasteiger partial charge < -0.3 is 4.74 Å². The molecular formula is C6H6O2. The summed E-state index contributed by atoms with van der Waals surface area (Å²) in [6.07, 6.45) is 7.88. The smallest absolute Gasteiger partial charge is 0.293 e. The topological polar surface area (TPSA) is 26.3 Å². The Labute approximate surface area is 48.1 Å². The summed E-state index contributed by atoms with van der Waals surface area (Å²) < 4.78 is 4.27. The Morgan fingerprint density at radius 3 is 3.00 bits per heavy atom. The van der Waals surface area contributed by atoms with Crippen molar-refractivity contribution in [1.82, 2.24) is 0 Å². The third-order valence-corrected chi connectivity index (χ3v) is 0.475. The van der Waals surface area contributed by atoms with E-state index >= 15 is 0 Å². The van der Waals surface area contributed by atoms with Gasteiger partial charge in [0.15, 0.2) is 0 Å². The van der Waals surface area contributed by atoms with Crippen LogP contribution in [0.1, 0.15) is 0 Å². The normalized spacial score (nSPS) is 8.38. The monoisotopic (exact) mass is 110 g/mol. The van der Waals surface area contributed by atoms with Crippen molar-refractivity contribution in [3.63, 3.8) is 0 Å². The molecule has 8 heavy (non-hydrogen) atoms. The molecule has 0 saturated heterocycles. The van der Waals surface area contributed by atoms with E-state index in [0.29, 0.717) is 6.47 Å². The number of terminal acetylenes is 1. The van der Waals surface area contributed by atoms with Gasteiger partial charge in [-0.25, -0.2) is 0 Å². The molecule has 0 saturated carbocycles. The second kappa shape index (κ2) is 5.77. The highest BCUT2D eigenvalue weighted by molar-refractivity contribution is 5.37. The van der Waals surface area contributed by atoms with E-state index < -0.39 is 0 Å². The van der Waals surface area contributed by atoms with Crippen LogP contribution in [-0.4, -0.2) is 13.1 Å². The van der Waals surface area contributed by atoms with Crippen LogP contribution in [0.4, 0.5) is 0 Å². The van der Waals surface area contributed by atoms with Crippen LogP contribution in [0.3, 0.4) is 0 Å². The molecular weight excluding hydrogens is 104 g/mol. The van der Waals surface area contributed by atoms with Gasteiger partial charge >= 0.3 is 0 Å². The van der Waals surface area contributed by atoms with Crippen molar-refractivity contribution in [2.45, 2.75) is 0 Å². The second-order valence-electron chi connectivity index (χ2n) is 0.999. The number of allylic oxidation sites excluding steroid dienone is 1. The molecule has 0 aliphatic heterocycles. The first-order valence-corrected chi connectivity index (χ1v) is 2.08. The van der Waals surface area contributed by atoms with Crippen LogP contribution >= 0.6 is 0 Å². The van der Waals surface area contributed by atoms with Gasteiger partial charge in [0.25, 0.3) is 6.47 Å². The molecule has 0 aromatic rings. The fraction of sp³-hybridized carbons (Fsp3) is 0.167. The molecule has 0 aliphatic rings. The lowest BCUT2D eigenvalue weighted by atomic mass is 10.5. The minimum atomic E-state index is 0.258. The van der Waals surface area contributed by atoms with E-state index in [1.165, 1.54) is 6.08 Å². The minimum Gasteiger partial charge on any atom is -0.464 e. The zero-order chi connectivity index (χ0) is 6.24. The van der Waals surface area contributed by atoms with Gasteiger partial charge in [-0.15, -0.1) is 6.42 Å². The Kier molecular flexibility index (Phi) is 4.88. The Balaban J connectivity index is 3.06. The molecule has 0 fully saturated rings. The van der Waals surface area contributed by atoms with Crippen LogP contribution in [0.25, 0.3) is 0 Å². The third kappa shape index (κ3) is 4.77. The minimum absolute atomic E-state index is 0.258. The van der Waals surface area contributed by atoms with Crippen molar-refractivity contribution >= 4 is 6.47 Å². The fourth-order valence-electron chi connectivity index (χ4n) is 0.211. The Bertz CT molecular complexity index is 119. The van der Waals surface area contributed by atoms with E-state index in [9.17, 15) is 4.79 Å². The first-order valence-electron chi connectivity index (χ1n) is 2.08. The number of hydrogen-bond acceptors (Lipinski definition) is 2. The van der Waals surface area contributed by atoms with E-state index in [2.05, 4.69) is 10.7 Å². The lowest BCUT2D eigenvalue weighted by molar-refractivity contribution is -0.127. The van der Waals surface area contributed by atoms with Crippen molar-refractivity contribution in [3.8, 4) is 12.3 Å². The predicted molar refractivity (Wildman–Crippen MR) is 30.0 cm³/mol. The molecule has 0 unspecified atom stereocenters. The molecule has 0 heterocycles. The zero-order valence-corrected chi connectivity index (χ0v) is 4.33. The molecule has 42 valence electrons. The third-order valence-electron chi connectivity index (χ3n) is 0.475. The lowest BCUT2D eigenvalue weighted by Crippen LogP contribution is -1.84. The number of rotatable bonds is 3. The van der Waals surface area contributed by atoms with Crippen LogP contribution in [-0.2, 0) is 9.53 Å². The first kappa shape index (κ1) is 6.77. The second-order valence-corrected chi connectivity index (χ2v) is 0.999. The maximum atomic E-state index is 9.46. The van der Waals surface area contributed by atoms with Gasteiger partial charge in [-0.2, -0.15) is 0 Å². The van der Waals surface area contributed by atoms with E-state index in [-0.39, 0.29) is 6.61 Å². The van der Waals surface area contributed by atoms with Crippen molar-refractivity contribution < 1.29 is 9.53 Å². The molecule has 0 aliphatic carbocycles. The Morgan fingerprint density at radius 2 is 2.50 bits per heavy atom. The largest absolute Gasteiger partial charge is 0.464 e. The summed E-state index contributed by atoms with van der Waals surface area (Å²) in [7, 11) is 0. The van der Waals surface area contributed by atoms with E-state index in [4.69, 9.17) is 6.42 Å². The quantitative estimate of drug-likeness (QED) is 0.297. The van der Waals surface area contributed by atoms with Gasteiger partial charge in [-0.3, -0.25) is 4.79 Å². The highest BCUT2D eigenvalue weighted by Crippen LogP contribution is 1.70. The van der Waals surface area contributed by atoms with E-state index in [1.807, 2.05) is 0 Å². The SMILES string of the molecule is C#CC=CCOC=O. The Morgan fingerprint density at radius 1 is 1.75 bits per heavy atom. The number of carbonyl (C=O) groups excluding carboxylic acids is 1. The van der Waals surface area contributed by atoms with Crippen LogP contribution in [0.2, 0.25) is 0 Å². The molecule has 0 aromatic carbocycles. The molecule has 2 nitrogen and oxygen atoms in total. The van der Waals surface area contributed by atoms with Gasteiger partial charge in [0.1, 0.15) is 6.61 Å². The van der Waals surface area contributed by atoms with Crippen LogP contribution in [0.15, 0.2) is 12.2 Å². The number of ether oxygens (including phenoxy) is 1. The first-order chi connectivity index (χ1) is 3.91. The van der Waals surface area contributed by atoms with Gasteiger partial charge in [-0.1, -0.05) is 5.92 Å². The molecule has 0 amide bonds. The predicted octanol–water partition coefficient (Wildman–Crippen LogP) is 0.349.